The molecule has 4 heteroatoms. The van der Waals surface area contributed by atoms with Crippen molar-refractivity contribution < 1.29 is 4.39 Å². The van der Waals surface area contributed by atoms with Crippen LogP contribution in [0.2, 0.25) is 10.0 Å². The molecule has 0 heterocycles. The van der Waals surface area contributed by atoms with Gasteiger partial charge in [-0.15, -0.1) is 0 Å². The van der Waals surface area contributed by atoms with Crippen molar-refractivity contribution in [3.8, 4) is 0 Å². The zero-order valence-corrected chi connectivity index (χ0v) is 13.4. The number of hydrogen-bond acceptors (Lipinski definition) is 0. The first-order valence-electron chi connectivity index (χ1n) is 5.81. The quantitative estimate of drug-likeness (QED) is 0.577. The van der Waals surface area contributed by atoms with Gasteiger partial charge in [-0.25, -0.2) is 4.39 Å². The van der Waals surface area contributed by atoms with E-state index >= 15 is 0 Å². The van der Waals surface area contributed by atoms with Gasteiger partial charge in [0.1, 0.15) is 5.82 Å². The molecule has 1 atom stereocenters. The second kappa shape index (κ2) is 6.25. The van der Waals surface area contributed by atoms with Gasteiger partial charge >= 0.3 is 0 Å². The molecule has 0 saturated heterocycles. The summed E-state index contributed by atoms with van der Waals surface area (Å²) in [5, 5.41) is 1.04. The number of halogens is 4. The van der Waals surface area contributed by atoms with Gasteiger partial charge in [-0.3, -0.25) is 0 Å². The van der Waals surface area contributed by atoms with Crippen molar-refractivity contribution in [2.45, 2.75) is 18.2 Å². The van der Waals surface area contributed by atoms with Crippen molar-refractivity contribution >= 4 is 39.1 Å². The molecule has 2 aromatic carbocycles. The molecular weight excluding hydrogens is 350 g/mol. The average Bonchev–Trinajstić information content (AvgIpc) is 2.36. The number of aryl methyl sites for hydroxylation is 1. The number of hydrogen-bond donors (Lipinski definition) is 0. The summed E-state index contributed by atoms with van der Waals surface area (Å²) in [6.45, 7) is 1.95. The van der Waals surface area contributed by atoms with Gasteiger partial charge in [-0.05, 0) is 37.1 Å². The van der Waals surface area contributed by atoms with Crippen molar-refractivity contribution in [1.82, 2.24) is 0 Å². The lowest BCUT2D eigenvalue weighted by Gasteiger charge is -2.12. The summed E-state index contributed by atoms with van der Waals surface area (Å²) < 4.78 is 13.8. The smallest absolute Gasteiger partial charge is 0.127 e. The summed E-state index contributed by atoms with van der Waals surface area (Å²) in [4.78, 5) is -0.0929. The van der Waals surface area contributed by atoms with Crippen LogP contribution in [0.5, 0.6) is 0 Å². The van der Waals surface area contributed by atoms with E-state index in [0.29, 0.717) is 22.0 Å². The highest BCUT2D eigenvalue weighted by atomic mass is 79.9. The Kier molecular flexibility index (Phi) is 4.88. The highest BCUT2D eigenvalue weighted by Crippen LogP contribution is 2.31. The van der Waals surface area contributed by atoms with Crippen LogP contribution in [0, 0.1) is 12.7 Å². The molecule has 0 bridgehead atoms. The summed E-state index contributed by atoms with van der Waals surface area (Å²) in [5.74, 6) is -0.201. The first-order valence-corrected chi connectivity index (χ1v) is 7.48. The van der Waals surface area contributed by atoms with Gasteiger partial charge in [0, 0.05) is 10.4 Å². The van der Waals surface area contributed by atoms with Crippen LogP contribution >= 0.6 is 39.1 Å². The molecule has 0 aliphatic rings. The van der Waals surface area contributed by atoms with E-state index in [1.165, 1.54) is 6.07 Å². The van der Waals surface area contributed by atoms with Gasteiger partial charge < -0.3 is 0 Å². The van der Waals surface area contributed by atoms with E-state index in [1.54, 1.807) is 12.1 Å². The molecule has 2 aromatic rings. The second-order valence-corrected chi connectivity index (χ2v) is 6.36. The molecule has 19 heavy (non-hydrogen) atoms. The van der Waals surface area contributed by atoms with E-state index < -0.39 is 0 Å². The van der Waals surface area contributed by atoms with E-state index in [0.717, 1.165) is 11.1 Å². The van der Waals surface area contributed by atoms with Crippen molar-refractivity contribution in [1.29, 1.82) is 0 Å². The van der Waals surface area contributed by atoms with Crippen LogP contribution < -0.4 is 0 Å². The maximum absolute atomic E-state index is 13.8. The zero-order chi connectivity index (χ0) is 14.0. The Hall–Kier alpha value is -0.570. The summed E-state index contributed by atoms with van der Waals surface area (Å²) in [7, 11) is 0. The minimum absolute atomic E-state index is 0.0929. The minimum atomic E-state index is -0.201. The van der Waals surface area contributed by atoms with Crippen molar-refractivity contribution in [2.75, 3.05) is 0 Å². The van der Waals surface area contributed by atoms with Gasteiger partial charge in [0.15, 0.2) is 0 Å². The third-order valence-electron chi connectivity index (χ3n) is 2.89. The Labute approximate surface area is 130 Å². The molecule has 0 N–H and O–H groups in total. The number of benzene rings is 2. The third kappa shape index (κ3) is 3.71. The Balaban J connectivity index is 2.22. The summed E-state index contributed by atoms with van der Waals surface area (Å²) in [6.07, 6.45) is 0.650. The maximum Gasteiger partial charge on any atom is 0.127 e. The first kappa shape index (κ1) is 14.8. The molecule has 0 aliphatic carbocycles. The lowest BCUT2D eigenvalue weighted by Crippen LogP contribution is -1.99. The largest absolute Gasteiger partial charge is 0.207 e. The van der Waals surface area contributed by atoms with Gasteiger partial charge in [0.25, 0.3) is 0 Å². The van der Waals surface area contributed by atoms with Gasteiger partial charge in [0.2, 0.25) is 0 Å². The number of alkyl halides is 1. The van der Waals surface area contributed by atoms with Crippen molar-refractivity contribution in [2.24, 2.45) is 0 Å². The fourth-order valence-corrected chi connectivity index (χ4v) is 2.93. The van der Waals surface area contributed by atoms with Crippen molar-refractivity contribution in [3.05, 3.63) is 69.0 Å². The molecule has 0 amide bonds. The van der Waals surface area contributed by atoms with E-state index in [9.17, 15) is 4.39 Å². The third-order valence-corrected chi connectivity index (χ3v) is 4.44. The average molecular weight is 362 g/mol. The van der Waals surface area contributed by atoms with Crippen LogP contribution in [-0.2, 0) is 6.42 Å². The van der Waals surface area contributed by atoms with Gasteiger partial charge in [0.05, 0.1) is 10.0 Å². The SMILES string of the molecule is Cc1ccc(F)c(C(Br)Cc2ccc(Cl)c(Cl)c2)c1. The van der Waals surface area contributed by atoms with Crippen LogP contribution in [0.1, 0.15) is 21.5 Å². The topological polar surface area (TPSA) is 0 Å². The van der Waals surface area contributed by atoms with Crippen LogP contribution in [0.25, 0.3) is 0 Å². The highest BCUT2D eigenvalue weighted by Gasteiger charge is 2.14. The molecule has 100 valence electrons. The zero-order valence-electron chi connectivity index (χ0n) is 10.3. The predicted molar refractivity (Wildman–Crippen MR) is 83.0 cm³/mol. The first-order chi connectivity index (χ1) is 8.97. The molecule has 0 fully saturated rings. The van der Waals surface area contributed by atoms with E-state index in [4.69, 9.17) is 23.2 Å². The monoisotopic (exact) mass is 360 g/mol. The maximum atomic E-state index is 13.8. The molecular formula is C15H12BrCl2F. The lowest BCUT2D eigenvalue weighted by atomic mass is 10.0. The molecule has 0 radical (unpaired) electrons. The van der Waals surface area contributed by atoms with Gasteiger partial charge in [-0.1, -0.05) is 62.9 Å². The summed E-state index contributed by atoms with van der Waals surface area (Å²) in [5.41, 5.74) is 2.71. The van der Waals surface area contributed by atoms with Crippen LogP contribution in [0.15, 0.2) is 36.4 Å². The van der Waals surface area contributed by atoms with E-state index in [-0.39, 0.29) is 10.6 Å². The number of rotatable bonds is 3. The molecule has 2 rings (SSSR count). The predicted octanol–water partition coefficient (Wildman–Crippen LogP) is 6.12. The molecule has 0 nitrogen and oxygen atoms in total. The second-order valence-electron chi connectivity index (χ2n) is 4.45. The molecule has 0 aliphatic heterocycles. The van der Waals surface area contributed by atoms with Gasteiger partial charge in [-0.2, -0.15) is 0 Å². The fraction of sp³-hybridized carbons (Fsp3) is 0.200. The Morgan fingerprint density at radius 3 is 2.53 bits per heavy atom. The molecule has 0 spiro atoms. The normalized spacial score (nSPS) is 12.5. The Morgan fingerprint density at radius 1 is 1.11 bits per heavy atom. The lowest BCUT2D eigenvalue weighted by molar-refractivity contribution is 0.607. The summed E-state index contributed by atoms with van der Waals surface area (Å²) >= 11 is 15.4. The summed E-state index contributed by atoms with van der Waals surface area (Å²) in [6, 6.07) is 10.6. The van der Waals surface area contributed by atoms with Crippen LogP contribution in [-0.4, -0.2) is 0 Å². The molecule has 0 saturated carbocycles. The standard InChI is InChI=1S/C15H12BrCl2F/c1-9-2-5-15(19)11(6-9)12(16)7-10-3-4-13(17)14(18)8-10/h2-6,8,12H,7H2,1H3. The molecule has 1 unspecified atom stereocenters. The van der Waals surface area contributed by atoms with Crippen LogP contribution in [0.4, 0.5) is 4.39 Å². The Morgan fingerprint density at radius 2 is 1.84 bits per heavy atom. The highest BCUT2D eigenvalue weighted by molar-refractivity contribution is 9.09. The minimum Gasteiger partial charge on any atom is -0.207 e. The van der Waals surface area contributed by atoms with E-state index in [2.05, 4.69) is 15.9 Å². The fourth-order valence-electron chi connectivity index (χ4n) is 1.89. The molecule has 0 aromatic heterocycles. The van der Waals surface area contributed by atoms with E-state index in [1.807, 2.05) is 25.1 Å². The Bertz CT molecular complexity index is 599. The van der Waals surface area contributed by atoms with Crippen molar-refractivity contribution in [3.63, 3.8) is 0 Å². The van der Waals surface area contributed by atoms with Crippen LogP contribution in [0.3, 0.4) is 0 Å².